The molecule has 0 radical (unpaired) electrons. The Kier molecular flexibility index (Phi) is 13.9. The van der Waals surface area contributed by atoms with Crippen LogP contribution in [0.5, 0.6) is 0 Å². The molecule has 0 aromatic carbocycles. The van der Waals surface area contributed by atoms with Crippen molar-refractivity contribution < 1.29 is 28.9 Å². The van der Waals surface area contributed by atoms with E-state index in [1.807, 2.05) is 0 Å². The highest BCUT2D eigenvalue weighted by Gasteiger charge is 1.92. The van der Waals surface area contributed by atoms with Gasteiger partial charge in [0.15, 0.2) is 0 Å². The third-order valence-electron chi connectivity index (χ3n) is 1.78. The van der Waals surface area contributed by atoms with Crippen LogP contribution in [-0.2, 0) is 23.7 Å². The van der Waals surface area contributed by atoms with Crippen molar-refractivity contribution in [3.63, 3.8) is 0 Å². The Morgan fingerprint density at radius 2 is 1.53 bits per heavy atom. The molecule has 0 aromatic heterocycles. The molecule has 0 rings (SSSR count). The van der Waals surface area contributed by atoms with Crippen LogP contribution < -0.4 is 11.2 Å². The van der Waals surface area contributed by atoms with E-state index in [1.54, 1.807) is 0 Å². The minimum absolute atomic E-state index is 0.314. The number of hydrogen-bond acceptors (Lipinski definition) is 7. The Balaban J connectivity index is 3.07. The van der Waals surface area contributed by atoms with Crippen molar-refractivity contribution in [2.75, 3.05) is 52.8 Å². The Labute approximate surface area is 112 Å². The van der Waals surface area contributed by atoms with Crippen LogP contribution in [0, 0.1) is 0 Å². The third-order valence-corrected chi connectivity index (χ3v) is 1.78. The van der Waals surface area contributed by atoms with Crippen molar-refractivity contribution in [2.24, 2.45) is 5.73 Å². The van der Waals surface area contributed by atoms with Crippen molar-refractivity contribution >= 4 is 5.91 Å². The lowest BCUT2D eigenvalue weighted by molar-refractivity contribution is -0.124. The summed E-state index contributed by atoms with van der Waals surface area (Å²) in [5, 5.41) is 8.17. The second-order valence-electron chi connectivity index (χ2n) is 3.28. The summed E-state index contributed by atoms with van der Waals surface area (Å²) in [4.78, 5) is 10.5. The third kappa shape index (κ3) is 14.8. The predicted molar refractivity (Wildman–Crippen MR) is 66.5 cm³/mol. The van der Waals surface area contributed by atoms with Gasteiger partial charge in [-0.3, -0.25) is 10.0 Å². The lowest BCUT2D eigenvalue weighted by Gasteiger charge is -2.06. The standard InChI is InChI=1S/C11H22N2O6/c12-2-4-17-6-8-19-10-9-18-7-5-16-3-1-11(14)13-15/h1,3,15H,2,4-10,12H2,(H,13,14)/b3-1+. The maximum absolute atomic E-state index is 10.5. The van der Waals surface area contributed by atoms with Gasteiger partial charge in [-0.1, -0.05) is 0 Å². The van der Waals surface area contributed by atoms with Gasteiger partial charge in [0.1, 0.15) is 6.61 Å². The van der Waals surface area contributed by atoms with Crippen LogP contribution in [0.3, 0.4) is 0 Å². The molecule has 0 unspecified atom stereocenters. The van der Waals surface area contributed by atoms with E-state index in [2.05, 4.69) is 0 Å². The van der Waals surface area contributed by atoms with Crippen LogP contribution in [0.25, 0.3) is 0 Å². The van der Waals surface area contributed by atoms with Crippen molar-refractivity contribution in [3.05, 3.63) is 12.3 Å². The average molecular weight is 278 g/mol. The van der Waals surface area contributed by atoms with Gasteiger partial charge in [0.05, 0.1) is 45.9 Å². The van der Waals surface area contributed by atoms with Crippen LogP contribution in [-0.4, -0.2) is 63.9 Å². The molecule has 0 bridgehead atoms. The summed E-state index contributed by atoms with van der Waals surface area (Å²) in [6, 6.07) is 0. The molecule has 0 saturated carbocycles. The molecule has 0 fully saturated rings. The summed E-state index contributed by atoms with van der Waals surface area (Å²) in [5.41, 5.74) is 6.68. The zero-order valence-corrected chi connectivity index (χ0v) is 10.9. The highest BCUT2D eigenvalue weighted by Crippen LogP contribution is 1.83. The topological polar surface area (TPSA) is 112 Å². The molecule has 0 saturated heterocycles. The Morgan fingerprint density at radius 3 is 2.05 bits per heavy atom. The quantitative estimate of drug-likeness (QED) is 0.131. The first-order valence-corrected chi connectivity index (χ1v) is 5.96. The Hall–Kier alpha value is -1.19. The highest BCUT2D eigenvalue weighted by atomic mass is 16.6. The number of nitrogens with one attached hydrogen (secondary N) is 1. The molecule has 1 amide bonds. The molecule has 19 heavy (non-hydrogen) atoms. The number of amides is 1. The molecule has 0 heterocycles. The summed E-state index contributed by atoms with van der Waals surface area (Å²) in [6.07, 6.45) is 2.24. The van der Waals surface area contributed by atoms with Gasteiger partial charge in [0.2, 0.25) is 0 Å². The fourth-order valence-corrected chi connectivity index (χ4v) is 0.947. The van der Waals surface area contributed by atoms with E-state index in [0.717, 1.165) is 6.08 Å². The average Bonchev–Trinajstić information content (AvgIpc) is 2.43. The van der Waals surface area contributed by atoms with E-state index in [9.17, 15) is 4.79 Å². The summed E-state index contributed by atoms with van der Waals surface area (Å²) in [5.74, 6) is -0.647. The van der Waals surface area contributed by atoms with Gasteiger partial charge < -0.3 is 24.7 Å². The molecular weight excluding hydrogens is 256 g/mol. The monoisotopic (exact) mass is 278 g/mol. The van der Waals surface area contributed by atoms with E-state index in [-0.39, 0.29) is 0 Å². The van der Waals surface area contributed by atoms with Gasteiger partial charge in [-0.25, -0.2) is 5.48 Å². The lowest BCUT2D eigenvalue weighted by Crippen LogP contribution is -2.15. The minimum atomic E-state index is -0.647. The van der Waals surface area contributed by atoms with Gasteiger partial charge in [0, 0.05) is 12.6 Å². The molecule has 8 nitrogen and oxygen atoms in total. The first-order chi connectivity index (χ1) is 9.31. The van der Waals surface area contributed by atoms with Gasteiger partial charge in [-0.2, -0.15) is 0 Å². The van der Waals surface area contributed by atoms with E-state index in [0.29, 0.717) is 52.8 Å². The number of carbonyl (C=O) groups excluding carboxylic acids is 1. The molecule has 112 valence electrons. The molecule has 0 spiro atoms. The number of hydrogen-bond donors (Lipinski definition) is 3. The fourth-order valence-electron chi connectivity index (χ4n) is 0.947. The summed E-state index contributed by atoms with van der Waals surface area (Å²) in [7, 11) is 0. The van der Waals surface area contributed by atoms with Gasteiger partial charge in [-0.05, 0) is 0 Å². The van der Waals surface area contributed by atoms with Crippen molar-refractivity contribution in [1.29, 1.82) is 0 Å². The lowest BCUT2D eigenvalue weighted by atomic mass is 10.6. The van der Waals surface area contributed by atoms with E-state index < -0.39 is 5.91 Å². The van der Waals surface area contributed by atoms with Gasteiger partial charge >= 0.3 is 0 Å². The molecule has 4 N–H and O–H groups in total. The van der Waals surface area contributed by atoms with Crippen LogP contribution >= 0.6 is 0 Å². The van der Waals surface area contributed by atoms with Gasteiger partial charge in [-0.15, -0.1) is 0 Å². The second-order valence-corrected chi connectivity index (χ2v) is 3.28. The Bertz CT molecular complexity index is 237. The van der Waals surface area contributed by atoms with E-state index in [1.165, 1.54) is 11.7 Å². The largest absolute Gasteiger partial charge is 0.499 e. The molecule has 0 aliphatic rings. The van der Waals surface area contributed by atoms with Crippen molar-refractivity contribution in [2.45, 2.75) is 0 Å². The van der Waals surface area contributed by atoms with Crippen molar-refractivity contribution in [1.82, 2.24) is 5.48 Å². The number of nitrogens with two attached hydrogens (primary N) is 1. The SMILES string of the molecule is NCCOCCOCCOCCO/C=C/C(=O)NO. The first kappa shape index (κ1) is 17.8. The van der Waals surface area contributed by atoms with E-state index in [4.69, 9.17) is 29.9 Å². The second kappa shape index (κ2) is 14.9. The highest BCUT2D eigenvalue weighted by molar-refractivity contribution is 5.86. The smallest absolute Gasteiger partial charge is 0.270 e. The van der Waals surface area contributed by atoms with Gasteiger partial charge in [0.25, 0.3) is 5.91 Å². The molecule has 0 aromatic rings. The van der Waals surface area contributed by atoms with Crippen molar-refractivity contribution in [3.8, 4) is 0 Å². The molecule has 0 aliphatic carbocycles. The van der Waals surface area contributed by atoms with Crippen LogP contribution in [0.15, 0.2) is 12.3 Å². The first-order valence-electron chi connectivity index (χ1n) is 5.96. The van der Waals surface area contributed by atoms with Crippen LogP contribution in [0.2, 0.25) is 0 Å². The number of hydroxylamine groups is 1. The van der Waals surface area contributed by atoms with E-state index >= 15 is 0 Å². The summed E-state index contributed by atoms with van der Waals surface area (Å²) >= 11 is 0. The maximum atomic E-state index is 10.5. The molecule has 0 aliphatic heterocycles. The molecular formula is C11H22N2O6. The predicted octanol–water partition coefficient (Wildman–Crippen LogP) is -0.969. The number of ether oxygens (including phenoxy) is 4. The number of rotatable bonds is 13. The minimum Gasteiger partial charge on any atom is -0.499 e. The zero-order chi connectivity index (χ0) is 14.2. The fraction of sp³-hybridized carbons (Fsp3) is 0.727. The maximum Gasteiger partial charge on any atom is 0.270 e. The van der Waals surface area contributed by atoms with Crippen LogP contribution in [0.1, 0.15) is 0 Å². The number of carbonyl (C=O) groups is 1. The summed E-state index contributed by atoms with van der Waals surface area (Å²) < 4.78 is 20.5. The zero-order valence-electron chi connectivity index (χ0n) is 10.9. The molecule has 8 heteroatoms. The molecule has 0 atom stereocenters. The normalized spacial score (nSPS) is 10.8. The Morgan fingerprint density at radius 1 is 1.00 bits per heavy atom. The van der Waals surface area contributed by atoms with Crippen LogP contribution in [0.4, 0.5) is 0 Å². The summed E-state index contributed by atoms with van der Waals surface area (Å²) in [6.45, 7) is 3.73.